The number of methoxy groups -OCH3 is 1. The van der Waals surface area contributed by atoms with Crippen LogP contribution in [0.3, 0.4) is 0 Å². The fourth-order valence-electron chi connectivity index (χ4n) is 3.18. The molecule has 0 spiro atoms. The van der Waals surface area contributed by atoms with Crippen molar-refractivity contribution in [2.45, 2.75) is 26.7 Å². The molecule has 3 rings (SSSR count). The number of pyridine rings is 1. The number of carbonyl (C=O) groups is 1. The molecule has 1 aliphatic carbocycles. The van der Waals surface area contributed by atoms with Gasteiger partial charge in [0.05, 0.1) is 12.7 Å². The smallest absolute Gasteiger partial charge is 0.337 e. The van der Waals surface area contributed by atoms with Crippen molar-refractivity contribution < 1.29 is 9.53 Å². The van der Waals surface area contributed by atoms with Gasteiger partial charge in [-0.2, -0.15) is 0 Å². The van der Waals surface area contributed by atoms with Crippen molar-refractivity contribution in [3.05, 3.63) is 88.2 Å². The molecule has 0 saturated heterocycles. The normalized spacial score (nSPS) is 13.6. The number of carbonyl (C=O) groups excluding carboxylic acids is 1. The van der Waals surface area contributed by atoms with Crippen LogP contribution in [0.15, 0.2) is 71.5 Å². The Labute approximate surface area is 171 Å². The summed E-state index contributed by atoms with van der Waals surface area (Å²) in [6.45, 7) is 4.28. The third-order valence-electron chi connectivity index (χ3n) is 4.86. The Morgan fingerprint density at radius 1 is 1.14 bits per heavy atom. The molecule has 2 aromatic rings. The van der Waals surface area contributed by atoms with E-state index in [2.05, 4.69) is 42.8 Å². The molecule has 0 fully saturated rings. The summed E-state index contributed by atoms with van der Waals surface area (Å²) < 4.78 is 4.79. The number of nitrogens with zero attached hydrogens (tertiary/aromatic N) is 1. The summed E-state index contributed by atoms with van der Waals surface area (Å²) in [4.78, 5) is 15.9. The zero-order valence-corrected chi connectivity index (χ0v) is 17.0. The van der Waals surface area contributed by atoms with Gasteiger partial charge in [0.15, 0.2) is 0 Å². The SMILES string of the molecule is CCC1=CC=C(c2ccc(C(=O)OC)cc2)C(C#Cc2ccc(N)nc2)=C(C)C1. The lowest BCUT2D eigenvalue weighted by molar-refractivity contribution is 0.0600. The topological polar surface area (TPSA) is 65.2 Å². The van der Waals surface area contributed by atoms with Crippen molar-refractivity contribution in [1.29, 1.82) is 0 Å². The largest absolute Gasteiger partial charge is 0.465 e. The van der Waals surface area contributed by atoms with E-state index < -0.39 is 0 Å². The van der Waals surface area contributed by atoms with E-state index in [0.717, 1.165) is 35.1 Å². The maximum atomic E-state index is 11.7. The molecule has 4 heteroatoms. The van der Waals surface area contributed by atoms with E-state index in [9.17, 15) is 4.79 Å². The van der Waals surface area contributed by atoms with Crippen LogP contribution in [0.5, 0.6) is 0 Å². The highest BCUT2D eigenvalue weighted by atomic mass is 16.5. The number of hydrogen-bond acceptors (Lipinski definition) is 4. The molecule has 4 nitrogen and oxygen atoms in total. The lowest BCUT2D eigenvalue weighted by atomic mass is 9.93. The number of nitrogens with two attached hydrogens (primary N) is 1. The lowest BCUT2D eigenvalue weighted by Crippen LogP contribution is -2.01. The summed E-state index contributed by atoms with van der Waals surface area (Å²) in [6.07, 6.45) is 7.85. The Balaban J connectivity index is 2.04. The summed E-state index contributed by atoms with van der Waals surface area (Å²) in [5.74, 6) is 6.68. The van der Waals surface area contributed by atoms with Crippen molar-refractivity contribution >= 4 is 17.4 Å². The minimum absolute atomic E-state index is 0.345. The average Bonchev–Trinajstić information content (AvgIpc) is 2.91. The van der Waals surface area contributed by atoms with E-state index >= 15 is 0 Å². The number of ether oxygens (including phenoxy) is 1. The molecular weight excluding hydrogens is 360 g/mol. The van der Waals surface area contributed by atoms with E-state index in [0.29, 0.717) is 11.4 Å². The molecule has 0 unspecified atom stereocenters. The van der Waals surface area contributed by atoms with Crippen LogP contribution in [0, 0.1) is 11.8 Å². The standard InChI is InChI=1S/C25H24N2O2/c1-4-18-5-13-23(20-8-10-21(11-9-20)25(28)29-3)22(17(2)15-18)12-6-19-7-14-24(26)27-16-19/h5,7-11,13-14,16H,4,15H2,1-3H3,(H2,26,27). The van der Waals surface area contributed by atoms with Gasteiger partial charge in [0.2, 0.25) is 0 Å². The van der Waals surface area contributed by atoms with Gasteiger partial charge in [-0.1, -0.05) is 54.2 Å². The number of rotatable bonds is 3. The van der Waals surface area contributed by atoms with Gasteiger partial charge < -0.3 is 10.5 Å². The van der Waals surface area contributed by atoms with Crippen molar-refractivity contribution in [2.75, 3.05) is 12.8 Å². The Morgan fingerprint density at radius 3 is 2.52 bits per heavy atom. The van der Waals surface area contributed by atoms with Crippen LogP contribution >= 0.6 is 0 Å². The van der Waals surface area contributed by atoms with Gasteiger partial charge in [-0.05, 0) is 55.2 Å². The predicted octanol–water partition coefficient (Wildman–Crippen LogP) is 4.94. The fraction of sp³-hybridized carbons (Fsp3) is 0.200. The molecule has 1 aromatic carbocycles. The minimum Gasteiger partial charge on any atom is -0.465 e. The Kier molecular flexibility index (Phi) is 6.31. The highest BCUT2D eigenvalue weighted by Crippen LogP contribution is 2.32. The van der Waals surface area contributed by atoms with Crippen molar-refractivity contribution in [3.63, 3.8) is 0 Å². The molecule has 146 valence electrons. The quantitative estimate of drug-likeness (QED) is 0.601. The number of benzene rings is 1. The van der Waals surface area contributed by atoms with E-state index in [1.807, 2.05) is 18.2 Å². The van der Waals surface area contributed by atoms with Gasteiger partial charge in [-0.3, -0.25) is 0 Å². The molecule has 0 amide bonds. The number of anilines is 1. The van der Waals surface area contributed by atoms with E-state index in [4.69, 9.17) is 10.5 Å². The number of hydrogen-bond donors (Lipinski definition) is 1. The average molecular weight is 384 g/mol. The van der Waals surface area contributed by atoms with Gasteiger partial charge in [0, 0.05) is 17.3 Å². The number of allylic oxidation sites excluding steroid dienone is 6. The van der Waals surface area contributed by atoms with Gasteiger partial charge in [0.1, 0.15) is 5.82 Å². The second-order valence-corrected chi connectivity index (χ2v) is 6.88. The number of aromatic nitrogens is 1. The molecule has 0 saturated carbocycles. The Hall–Kier alpha value is -3.58. The first kappa shape index (κ1) is 20.2. The van der Waals surface area contributed by atoms with Crippen molar-refractivity contribution in [2.24, 2.45) is 0 Å². The molecular formula is C25H24N2O2. The summed E-state index contributed by atoms with van der Waals surface area (Å²) in [5, 5.41) is 0. The Bertz CT molecular complexity index is 1060. The van der Waals surface area contributed by atoms with E-state index in [1.165, 1.54) is 18.3 Å². The first-order valence-corrected chi connectivity index (χ1v) is 9.54. The zero-order valence-electron chi connectivity index (χ0n) is 17.0. The van der Waals surface area contributed by atoms with Crippen LogP contribution in [-0.2, 0) is 4.74 Å². The maximum Gasteiger partial charge on any atom is 0.337 e. The number of nitrogen functional groups attached to an aromatic ring is 1. The van der Waals surface area contributed by atoms with Crippen LogP contribution in [0.4, 0.5) is 5.82 Å². The molecule has 1 heterocycles. The highest BCUT2D eigenvalue weighted by molar-refractivity contribution is 5.91. The summed E-state index contributed by atoms with van der Waals surface area (Å²) in [6, 6.07) is 11.0. The zero-order chi connectivity index (χ0) is 20.8. The lowest BCUT2D eigenvalue weighted by Gasteiger charge is -2.11. The van der Waals surface area contributed by atoms with E-state index in [-0.39, 0.29) is 5.97 Å². The third kappa shape index (κ3) is 4.83. The van der Waals surface area contributed by atoms with Crippen LogP contribution in [0.25, 0.3) is 5.57 Å². The summed E-state index contributed by atoms with van der Waals surface area (Å²) in [7, 11) is 1.38. The molecule has 0 aliphatic heterocycles. The molecule has 29 heavy (non-hydrogen) atoms. The van der Waals surface area contributed by atoms with Crippen molar-refractivity contribution in [1.82, 2.24) is 4.98 Å². The molecule has 1 aromatic heterocycles. The molecule has 2 N–H and O–H groups in total. The van der Waals surface area contributed by atoms with Gasteiger partial charge in [0.25, 0.3) is 0 Å². The van der Waals surface area contributed by atoms with Gasteiger partial charge in [-0.25, -0.2) is 9.78 Å². The minimum atomic E-state index is -0.345. The predicted molar refractivity (Wildman–Crippen MR) is 117 cm³/mol. The van der Waals surface area contributed by atoms with Crippen LogP contribution in [-0.4, -0.2) is 18.1 Å². The first-order valence-electron chi connectivity index (χ1n) is 9.54. The van der Waals surface area contributed by atoms with E-state index in [1.54, 1.807) is 24.4 Å². The van der Waals surface area contributed by atoms with Crippen LogP contribution < -0.4 is 5.73 Å². The molecule has 1 aliphatic rings. The third-order valence-corrected chi connectivity index (χ3v) is 4.86. The van der Waals surface area contributed by atoms with Gasteiger partial charge in [-0.15, -0.1) is 0 Å². The second kappa shape index (κ2) is 9.07. The molecule has 0 atom stereocenters. The molecule has 0 radical (unpaired) electrons. The second-order valence-electron chi connectivity index (χ2n) is 6.88. The summed E-state index contributed by atoms with van der Waals surface area (Å²) in [5.41, 5.74) is 12.6. The van der Waals surface area contributed by atoms with Crippen LogP contribution in [0.1, 0.15) is 48.2 Å². The van der Waals surface area contributed by atoms with Gasteiger partial charge >= 0.3 is 5.97 Å². The maximum absolute atomic E-state index is 11.7. The Morgan fingerprint density at radius 2 is 1.90 bits per heavy atom. The first-order chi connectivity index (χ1) is 14.0. The monoisotopic (exact) mass is 384 g/mol. The fourth-order valence-corrected chi connectivity index (χ4v) is 3.18. The van der Waals surface area contributed by atoms with Crippen LogP contribution in [0.2, 0.25) is 0 Å². The molecule has 0 bridgehead atoms. The summed E-state index contributed by atoms with van der Waals surface area (Å²) >= 11 is 0. The highest BCUT2D eigenvalue weighted by Gasteiger charge is 2.14. The van der Waals surface area contributed by atoms with Crippen molar-refractivity contribution in [3.8, 4) is 11.8 Å². The number of esters is 1.